The van der Waals surface area contributed by atoms with Gasteiger partial charge in [-0.3, -0.25) is 0 Å². The third-order valence-corrected chi connectivity index (χ3v) is 3.11. The molecule has 0 spiro atoms. The fourth-order valence-corrected chi connectivity index (χ4v) is 2.01. The molecule has 0 saturated heterocycles. The van der Waals surface area contributed by atoms with Crippen LogP contribution in [0.25, 0.3) is 0 Å². The van der Waals surface area contributed by atoms with Gasteiger partial charge in [0.05, 0.1) is 7.11 Å². The van der Waals surface area contributed by atoms with Crippen LogP contribution in [0.15, 0.2) is 54.6 Å². The third kappa shape index (κ3) is 3.34. The predicted molar refractivity (Wildman–Crippen MR) is 74.7 cm³/mol. The third-order valence-electron chi connectivity index (χ3n) is 3.11. The first-order valence-corrected chi connectivity index (χ1v) is 6.23. The minimum Gasteiger partial charge on any atom is -0.497 e. The zero-order valence-corrected chi connectivity index (χ0v) is 10.7. The monoisotopic (exact) mass is 241 g/mol. The molecule has 0 aliphatic rings. The Bertz CT molecular complexity index is 481. The maximum Gasteiger partial charge on any atom is 0.119 e. The number of nitrogens with two attached hydrogens (primary N) is 1. The molecule has 0 saturated carbocycles. The second-order valence-corrected chi connectivity index (χ2v) is 4.41. The summed E-state index contributed by atoms with van der Waals surface area (Å²) in [5.41, 5.74) is 8.67. The molecule has 0 bridgehead atoms. The van der Waals surface area contributed by atoms with E-state index < -0.39 is 0 Å². The zero-order chi connectivity index (χ0) is 12.8. The minimum absolute atomic E-state index is 0.0558. The number of benzene rings is 2. The van der Waals surface area contributed by atoms with Gasteiger partial charge in [0, 0.05) is 6.04 Å². The lowest BCUT2D eigenvalue weighted by atomic mass is 10.00. The Labute approximate surface area is 108 Å². The van der Waals surface area contributed by atoms with E-state index in [1.54, 1.807) is 7.11 Å². The normalized spacial score (nSPS) is 12.1. The van der Waals surface area contributed by atoms with Gasteiger partial charge in [-0.05, 0) is 36.1 Å². The molecular formula is C16H19NO. The number of rotatable bonds is 5. The molecule has 0 aromatic heterocycles. The summed E-state index contributed by atoms with van der Waals surface area (Å²) in [6.07, 6.45) is 1.94. The zero-order valence-electron chi connectivity index (χ0n) is 10.7. The highest BCUT2D eigenvalue weighted by atomic mass is 16.5. The Morgan fingerprint density at radius 3 is 2.56 bits per heavy atom. The number of methoxy groups -OCH3 is 1. The molecule has 0 heterocycles. The molecule has 0 amide bonds. The van der Waals surface area contributed by atoms with Gasteiger partial charge in [0.15, 0.2) is 0 Å². The van der Waals surface area contributed by atoms with E-state index in [2.05, 4.69) is 30.3 Å². The van der Waals surface area contributed by atoms with Crippen molar-refractivity contribution >= 4 is 0 Å². The van der Waals surface area contributed by atoms with Crippen molar-refractivity contribution in [3.8, 4) is 5.75 Å². The molecule has 0 aliphatic carbocycles. The maximum atomic E-state index is 6.21. The summed E-state index contributed by atoms with van der Waals surface area (Å²) in [6, 6.07) is 18.5. The summed E-state index contributed by atoms with van der Waals surface area (Å²) < 4.78 is 5.21. The highest BCUT2D eigenvalue weighted by molar-refractivity contribution is 5.30. The van der Waals surface area contributed by atoms with Crippen LogP contribution in [-0.4, -0.2) is 7.11 Å². The average molecular weight is 241 g/mol. The van der Waals surface area contributed by atoms with Gasteiger partial charge in [0.2, 0.25) is 0 Å². The molecule has 2 heteroatoms. The summed E-state index contributed by atoms with van der Waals surface area (Å²) in [6.45, 7) is 0. The fraction of sp³-hybridized carbons (Fsp3) is 0.250. The molecule has 2 rings (SSSR count). The van der Waals surface area contributed by atoms with E-state index in [0.717, 1.165) is 24.2 Å². The molecule has 18 heavy (non-hydrogen) atoms. The molecule has 2 aromatic carbocycles. The second-order valence-electron chi connectivity index (χ2n) is 4.41. The second kappa shape index (κ2) is 6.22. The average Bonchev–Trinajstić information content (AvgIpc) is 2.46. The number of hydrogen-bond acceptors (Lipinski definition) is 2. The van der Waals surface area contributed by atoms with Crippen LogP contribution in [0, 0.1) is 0 Å². The Kier molecular flexibility index (Phi) is 4.37. The van der Waals surface area contributed by atoms with Crippen molar-refractivity contribution in [2.24, 2.45) is 5.73 Å². The summed E-state index contributed by atoms with van der Waals surface area (Å²) in [5.74, 6) is 0.864. The van der Waals surface area contributed by atoms with Gasteiger partial charge in [-0.1, -0.05) is 42.5 Å². The van der Waals surface area contributed by atoms with Crippen LogP contribution in [0.1, 0.15) is 23.6 Å². The Morgan fingerprint density at radius 2 is 1.83 bits per heavy atom. The summed E-state index contributed by atoms with van der Waals surface area (Å²) in [7, 11) is 1.68. The van der Waals surface area contributed by atoms with E-state index in [4.69, 9.17) is 10.5 Å². The van der Waals surface area contributed by atoms with E-state index in [1.807, 2.05) is 24.3 Å². The lowest BCUT2D eigenvalue weighted by molar-refractivity contribution is 0.413. The SMILES string of the molecule is COc1cccc(C(N)CCc2ccccc2)c1. The van der Waals surface area contributed by atoms with Gasteiger partial charge in [0.25, 0.3) is 0 Å². The highest BCUT2D eigenvalue weighted by Crippen LogP contribution is 2.21. The van der Waals surface area contributed by atoms with Crippen LogP contribution in [-0.2, 0) is 6.42 Å². The molecular weight excluding hydrogens is 222 g/mol. The predicted octanol–water partition coefficient (Wildman–Crippen LogP) is 3.33. The quantitative estimate of drug-likeness (QED) is 0.871. The van der Waals surface area contributed by atoms with Crippen LogP contribution < -0.4 is 10.5 Å². The first kappa shape index (κ1) is 12.7. The lowest BCUT2D eigenvalue weighted by Gasteiger charge is -2.13. The van der Waals surface area contributed by atoms with E-state index in [0.29, 0.717) is 0 Å². The van der Waals surface area contributed by atoms with E-state index in [1.165, 1.54) is 5.56 Å². The minimum atomic E-state index is 0.0558. The van der Waals surface area contributed by atoms with Gasteiger partial charge in [0.1, 0.15) is 5.75 Å². The molecule has 1 atom stereocenters. The Hall–Kier alpha value is -1.80. The van der Waals surface area contributed by atoms with E-state index >= 15 is 0 Å². The van der Waals surface area contributed by atoms with Crippen LogP contribution in [0.3, 0.4) is 0 Å². The summed E-state index contributed by atoms with van der Waals surface area (Å²) >= 11 is 0. The molecule has 1 unspecified atom stereocenters. The van der Waals surface area contributed by atoms with Gasteiger partial charge in [-0.15, -0.1) is 0 Å². The van der Waals surface area contributed by atoms with Crippen molar-refractivity contribution in [2.75, 3.05) is 7.11 Å². The van der Waals surface area contributed by atoms with Gasteiger partial charge in [-0.25, -0.2) is 0 Å². The van der Waals surface area contributed by atoms with Crippen LogP contribution >= 0.6 is 0 Å². The van der Waals surface area contributed by atoms with Crippen molar-refractivity contribution in [3.05, 3.63) is 65.7 Å². The standard InChI is InChI=1S/C16H19NO/c1-18-15-9-5-8-14(12-15)16(17)11-10-13-6-3-2-4-7-13/h2-9,12,16H,10-11,17H2,1H3. The highest BCUT2D eigenvalue weighted by Gasteiger charge is 2.07. The summed E-state index contributed by atoms with van der Waals surface area (Å²) in [4.78, 5) is 0. The van der Waals surface area contributed by atoms with Crippen molar-refractivity contribution in [3.63, 3.8) is 0 Å². The number of aryl methyl sites for hydroxylation is 1. The van der Waals surface area contributed by atoms with E-state index in [-0.39, 0.29) is 6.04 Å². The van der Waals surface area contributed by atoms with Gasteiger partial charge in [-0.2, -0.15) is 0 Å². The lowest BCUT2D eigenvalue weighted by Crippen LogP contribution is -2.11. The van der Waals surface area contributed by atoms with Gasteiger partial charge < -0.3 is 10.5 Å². The number of ether oxygens (including phenoxy) is 1. The first-order valence-electron chi connectivity index (χ1n) is 6.23. The van der Waals surface area contributed by atoms with Crippen LogP contribution in [0.4, 0.5) is 0 Å². The van der Waals surface area contributed by atoms with Crippen LogP contribution in [0.2, 0.25) is 0 Å². The van der Waals surface area contributed by atoms with Crippen LogP contribution in [0.5, 0.6) is 5.75 Å². The van der Waals surface area contributed by atoms with Gasteiger partial charge >= 0.3 is 0 Å². The Morgan fingerprint density at radius 1 is 1.06 bits per heavy atom. The Balaban J connectivity index is 1.97. The smallest absolute Gasteiger partial charge is 0.119 e. The van der Waals surface area contributed by atoms with Crippen molar-refractivity contribution in [1.82, 2.24) is 0 Å². The number of hydrogen-bond donors (Lipinski definition) is 1. The molecule has 2 nitrogen and oxygen atoms in total. The molecule has 2 N–H and O–H groups in total. The van der Waals surface area contributed by atoms with Crippen molar-refractivity contribution in [2.45, 2.75) is 18.9 Å². The topological polar surface area (TPSA) is 35.2 Å². The van der Waals surface area contributed by atoms with Crippen molar-refractivity contribution < 1.29 is 4.74 Å². The summed E-state index contributed by atoms with van der Waals surface area (Å²) in [5, 5.41) is 0. The van der Waals surface area contributed by atoms with E-state index in [9.17, 15) is 0 Å². The van der Waals surface area contributed by atoms with Crippen molar-refractivity contribution in [1.29, 1.82) is 0 Å². The fourth-order valence-electron chi connectivity index (χ4n) is 2.01. The molecule has 94 valence electrons. The molecule has 0 radical (unpaired) electrons. The molecule has 0 fully saturated rings. The first-order chi connectivity index (χ1) is 8.79. The molecule has 2 aromatic rings. The maximum absolute atomic E-state index is 6.21. The molecule has 0 aliphatic heterocycles. The largest absolute Gasteiger partial charge is 0.497 e.